The van der Waals surface area contributed by atoms with Crippen LogP contribution < -0.4 is 0 Å². The summed E-state index contributed by atoms with van der Waals surface area (Å²) < 4.78 is 4.90. The van der Waals surface area contributed by atoms with Crippen LogP contribution in [-0.2, 0) is 25.5 Å². The number of carbonyl (C=O) groups is 3. The first kappa shape index (κ1) is 17.4. The molecule has 1 aromatic carbocycles. The van der Waals surface area contributed by atoms with E-state index in [1.54, 1.807) is 0 Å². The van der Waals surface area contributed by atoms with E-state index in [9.17, 15) is 14.4 Å². The predicted octanol–water partition coefficient (Wildman–Crippen LogP) is 3.03. The van der Waals surface area contributed by atoms with Gasteiger partial charge in [0.1, 0.15) is 11.2 Å². The van der Waals surface area contributed by atoms with Gasteiger partial charge in [-0.2, -0.15) is 0 Å². The highest BCUT2D eigenvalue weighted by Crippen LogP contribution is 2.38. The molecule has 0 unspecified atom stereocenters. The molecule has 0 spiro atoms. The maximum Gasteiger partial charge on any atom is 0.319 e. The minimum Gasteiger partial charge on any atom is -0.468 e. The van der Waals surface area contributed by atoms with Crippen LogP contribution in [0.1, 0.15) is 47.9 Å². The topological polar surface area (TPSA) is 60.4 Å². The van der Waals surface area contributed by atoms with Gasteiger partial charge in [-0.25, -0.2) is 0 Å². The molecule has 1 saturated carbocycles. The number of rotatable bonds is 4. The molecule has 1 aliphatic carbocycles. The Morgan fingerprint density at radius 1 is 1.09 bits per heavy atom. The van der Waals surface area contributed by atoms with Crippen molar-refractivity contribution in [1.82, 2.24) is 0 Å². The lowest BCUT2D eigenvalue weighted by molar-refractivity contribution is -0.160. The molecule has 4 heteroatoms. The summed E-state index contributed by atoms with van der Waals surface area (Å²) in [4.78, 5) is 36.8. The van der Waals surface area contributed by atoms with Gasteiger partial charge < -0.3 is 4.74 Å². The highest BCUT2D eigenvalue weighted by molar-refractivity contribution is 6.06. The van der Waals surface area contributed by atoms with Gasteiger partial charge in [0.2, 0.25) is 0 Å². The van der Waals surface area contributed by atoms with Gasteiger partial charge in [-0.1, -0.05) is 17.7 Å². The monoisotopic (exact) mass is 316 g/mol. The van der Waals surface area contributed by atoms with Crippen LogP contribution in [0.2, 0.25) is 0 Å². The van der Waals surface area contributed by atoms with Crippen molar-refractivity contribution in [3.63, 3.8) is 0 Å². The maximum absolute atomic E-state index is 13.0. The molecule has 23 heavy (non-hydrogen) atoms. The number of ketones is 2. The quantitative estimate of drug-likeness (QED) is 0.633. The first-order chi connectivity index (χ1) is 10.8. The Kier molecular flexibility index (Phi) is 5.03. The second-order valence-corrected chi connectivity index (χ2v) is 6.59. The summed E-state index contributed by atoms with van der Waals surface area (Å²) in [5.41, 5.74) is 3.08. The van der Waals surface area contributed by atoms with Gasteiger partial charge in [0, 0.05) is 19.3 Å². The van der Waals surface area contributed by atoms with Crippen LogP contribution in [0.15, 0.2) is 12.1 Å². The zero-order valence-electron chi connectivity index (χ0n) is 14.3. The van der Waals surface area contributed by atoms with Crippen molar-refractivity contribution in [3.05, 3.63) is 34.4 Å². The molecule has 1 fully saturated rings. The summed E-state index contributed by atoms with van der Waals surface area (Å²) in [6, 6.07) is 4.09. The number of aryl methyl sites for hydroxylation is 3. The summed E-state index contributed by atoms with van der Waals surface area (Å²) in [7, 11) is 1.30. The molecular weight excluding hydrogens is 292 g/mol. The summed E-state index contributed by atoms with van der Waals surface area (Å²) in [6.07, 6.45) is 1.28. The lowest BCUT2D eigenvalue weighted by Crippen LogP contribution is -2.44. The molecule has 0 N–H and O–H groups in total. The summed E-state index contributed by atoms with van der Waals surface area (Å²) in [5, 5.41) is 0. The number of ether oxygens (including phenoxy) is 1. The van der Waals surface area contributed by atoms with Crippen LogP contribution in [0.5, 0.6) is 0 Å². The first-order valence-corrected chi connectivity index (χ1v) is 8.00. The summed E-state index contributed by atoms with van der Waals surface area (Å²) >= 11 is 0. The van der Waals surface area contributed by atoms with Crippen molar-refractivity contribution in [2.45, 2.75) is 52.9 Å². The normalized spacial score (nSPS) is 17.0. The molecule has 0 bridgehead atoms. The Morgan fingerprint density at radius 3 is 2.09 bits per heavy atom. The SMILES string of the molecule is COC(=O)C1(C(=O)Cc2c(C)cc(C)cc2C)CCC(=O)CC1. The van der Waals surface area contributed by atoms with Gasteiger partial charge in [-0.15, -0.1) is 0 Å². The van der Waals surface area contributed by atoms with E-state index >= 15 is 0 Å². The number of Topliss-reactive ketones (excluding diaryl/α,β-unsaturated/α-hetero) is 2. The van der Waals surface area contributed by atoms with Crippen LogP contribution in [0.4, 0.5) is 0 Å². The fourth-order valence-corrected chi connectivity index (χ4v) is 3.57. The minimum atomic E-state index is -1.16. The Morgan fingerprint density at radius 2 is 1.61 bits per heavy atom. The molecule has 124 valence electrons. The zero-order chi connectivity index (χ0) is 17.2. The van der Waals surface area contributed by atoms with Gasteiger partial charge in [-0.05, 0) is 50.3 Å². The number of hydrogen-bond acceptors (Lipinski definition) is 4. The molecule has 0 aliphatic heterocycles. The van der Waals surface area contributed by atoms with Gasteiger partial charge >= 0.3 is 5.97 Å². The predicted molar refractivity (Wildman–Crippen MR) is 87.3 cm³/mol. The highest BCUT2D eigenvalue weighted by atomic mass is 16.5. The Hall–Kier alpha value is -1.97. The fraction of sp³-hybridized carbons (Fsp3) is 0.526. The smallest absolute Gasteiger partial charge is 0.319 e. The molecule has 0 radical (unpaired) electrons. The molecule has 0 atom stereocenters. The lowest BCUT2D eigenvalue weighted by Gasteiger charge is -2.32. The second-order valence-electron chi connectivity index (χ2n) is 6.59. The van der Waals surface area contributed by atoms with Crippen molar-refractivity contribution >= 4 is 17.5 Å². The van der Waals surface area contributed by atoms with E-state index in [0.29, 0.717) is 0 Å². The Balaban J connectivity index is 2.33. The third-order valence-corrected chi connectivity index (χ3v) is 4.95. The molecule has 0 saturated heterocycles. The van der Waals surface area contributed by atoms with Crippen molar-refractivity contribution in [2.75, 3.05) is 7.11 Å². The van der Waals surface area contributed by atoms with Gasteiger partial charge in [0.15, 0.2) is 5.78 Å². The molecule has 1 aromatic rings. The van der Waals surface area contributed by atoms with Crippen LogP contribution >= 0.6 is 0 Å². The van der Waals surface area contributed by atoms with E-state index in [-0.39, 0.29) is 43.7 Å². The van der Waals surface area contributed by atoms with E-state index < -0.39 is 11.4 Å². The third-order valence-electron chi connectivity index (χ3n) is 4.95. The van der Waals surface area contributed by atoms with Crippen LogP contribution in [-0.4, -0.2) is 24.6 Å². The van der Waals surface area contributed by atoms with Crippen LogP contribution in [0, 0.1) is 26.2 Å². The highest BCUT2D eigenvalue weighted by Gasteiger charge is 2.48. The van der Waals surface area contributed by atoms with Crippen LogP contribution in [0.3, 0.4) is 0 Å². The Labute approximate surface area is 137 Å². The molecule has 1 aliphatic rings. The number of esters is 1. The molecule has 0 aromatic heterocycles. The van der Waals surface area contributed by atoms with E-state index in [0.717, 1.165) is 22.3 Å². The number of hydrogen-bond donors (Lipinski definition) is 0. The van der Waals surface area contributed by atoms with E-state index in [4.69, 9.17) is 4.74 Å². The maximum atomic E-state index is 13.0. The minimum absolute atomic E-state index is 0.111. The second kappa shape index (κ2) is 6.65. The summed E-state index contributed by atoms with van der Waals surface area (Å²) in [5.74, 6) is -0.524. The number of benzene rings is 1. The third kappa shape index (κ3) is 3.36. The van der Waals surface area contributed by atoms with Crippen molar-refractivity contribution < 1.29 is 19.1 Å². The van der Waals surface area contributed by atoms with E-state index in [1.807, 2.05) is 32.9 Å². The lowest BCUT2D eigenvalue weighted by atomic mass is 9.69. The fourth-order valence-electron chi connectivity index (χ4n) is 3.57. The average molecular weight is 316 g/mol. The zero-order valence-corrected chi connectivity index (χ0v) is 14.3. The molecule has 0 amide bonds. The van der Waals surface area contributed by atoms with E-state index in [2.05, 4.69) is 0 Å². The first-order valence-electron chi connectivity index (χ1n) is 8.00. The molecular formula is C19H24O4. The van der Waals surface area contributed by atoms with Crippen molar-refractivity contribution in [1.29, 1.82) is 0 Å². The van der Waals surface area contributed by atoms with Gasteiger partial charge in [-0.3, -0.25) is 14.4 Å². The van der Waals surface area contributed by atoms with Crippen molar-refractivity contribution in [2.24, 2.45) is 5.41 Å². The number of methoxy groups -OCH3 is 1. The largest absolute Gasteiger partial charge is 0.468 e. The molecule has 2 rings (SSSR count). The summed E-state index contributed by atoms with van der Waals surface area (Å²) in [6.45, 7) is 5.99. The molecule has 0 heterocycles. The average Bonchev–Trinajstić information content (AvgIpc) is 2.50. The van der Waals surface area contributed by atoms with Crippen LogP contribution in [0.25, 0.3) is 0 Å². The van der Waals surface area contributed by atoms with E-state index in [1.165, 1.54) is 7.11 Å². The standard InChI is InChI=1S/C19H24O4/c1-12-9-13(2)16(14(3)10-12)11-17(21)19(18(22)23-4)7-5-15(20)6-8-19/h9-10H,5-8,11H2,1-4H3. The molecule has 4 nitrogen and oxygen atoms in total. The van der Waals surface area contributed by atoms with Gasteiger partial charge in [0.25, 0.3) is 0 Å². The van der Waals surface area contributed by atoms with Gasteiger partial charge in [0.05, 0.1) is 7.11 Å². The Bertz CT molecular complexity index is 624. The number of carbonyl (C=O) groups excluding carboxylic acids is 3. The van der Waals surface area contributed by atoms with Crippen molar-refractivity contribution in [3.8, 4) is 0 Å².